The molecule has 8 nitrogen and oxygen atoms in total. The largest absolute Gasteiger partial charge is 0.495 e. The van der Waals surface area contributed by atoms with Gasteiger partial charge in [0.1, 0.15) is 11.4 Å². The lowest BCUT2D eigenvalue weighted by Gasteiger charge is -2.40. The molecular formula is C28H32F3N5O3S. The van der Waals surface area contributed by atoms with Crippen LogP contribution in [-0.2, 0) is 16.3 Å². The summed E-state index contributed by atoms with van der Waals surface area (Å²) in [5, 5.41) is 3.04. The molecule has 2 aliphatic rings. The summed E-state index contributed by atoms with van der Waals surface area (Å²) in [7, 11) is -2.00. The molecule has 1 saturated carbocycles. The number of halogens is 3. The second-order valence-electron chi connectivity index (χ2n) is 10.5. The van der Waals surface area contributed by atoms with Crippen molar-refractivity contribution in [1.82, 2.24) is 9.38 Å². The number of anilines is 2. The van der Waals surface area contributed by atoms with Gasteiger partial charge in [0, 0.05) is 37.1 Å². The van der Waals surface area contributed by atoms with E-state index in [2.05, 4.69) is 27.0 Å². The normalized spacial score (nSPS) is 19.8. The summed E-state index contributed by atoms with van der Waals surface area (Å²) >= 11 is 0. The van der Waals surface area contributed by atoms with Crippen LogP contribution in [0.3, 0.4) is 0 Å². The number of nitrogens with two attached hydrogens (primary N) is 1. The summed E-state index contributed by atoms with van der Waals surface area (Å²) < 4.78 is 71.3. The van der Waals surface area contributed by atoms with Crippen LogP contribution in [0.4, 0.5) is 24.5 Å². The number of hydrogen-bond acceptors (Lipinski definition) is 7. The van der Waals surface area contributed by atoms with Crippen molar-refractivity contribution in [3.63, 3.8) is 0 Å². The first-order valence-electron chi connectivity index (χ1n) is 13.1. The minimum atomic E-state index is -4.44. The molecular weight excluding hydrogens is 543 g/mol. The predicted molar refractivity (Wildman–Crippen MR) is 147 cm³/mol. The molecule has 1 aromatic carbocycles. The molecule has 3 heterocycles. The Balaban J connectivity index is 1.45. The Labute approximate surface area is 231 Å². The zero-order valence-electron chi connectivity index (χ0n) is 22.3. The highest BCUT2D eigenvalue weighted by Crippen LogP contribution is 2.42. The Morgan fingerprint density at radius 3 is 2.67 bits per heavy atom. The SMILES string of the molecule is COc1cc(S(C)(=O)=O)ccc1NCC#Cc1nc2c(N3CCC(N)CC3C3CC3)cccn2c1CC(F)(F)F. The number of nitrogens with one attached hydrogen (secondary N) is 1. The van der Waals surface area contributed by atoms with Crippen LogP contribution in [0.2, 0.25) is 0 Å². The van der Waals surface area contributed by atoms with E-state index in [-0.39, 0.29) is 34.9 Å². The number of nitrogens with zero attached hydrogens (tertiary/aromatic N) is 3. The van der Waals surface area contributed by atoms with E-state index < -0.39 is 22.4 Å². The van der Waals surface area contributed by atoms with Crippen molar-refractivity contribution in [2.75, 3.05) is 36.7 Å². The molecule has 2 unspecified atom stereocenters. The highest BCUT2D eigenvalue weighted by molar-refractivity contribution is 7.90. The Morgan fingerprint density at radius 2 is 2.00 bits per heavy atom. The van der Waals surface area contributed by atoms with Gasteiger partial charge >= 0.3 is 6.18 Å². The third-order valence-corrected chi connectivity index (χ3v) is 8.54. The second kappa shape index (κ2) is 10.9. The van der Waals surface area contributed by atoms with Crippen LogP contribution in [0, 0.1) is 17.8 Å². The highest BCUT2D eigenvalue weighted by atomic mass is 32.2. The van der Waals surface area contributed by atoms with E-state index in [0.717, 1.165) is 44.2 Å². The van der Waals surface area contributed by atoms with E-state index in [0.29, 0.717) is 23.0 Å². The Hall–Kier alpha value is -3.43. The number of aromatic nitrogens is 2. The van der Waals surface area contributed by atoms with Gasteiger partial charge in [-0.3, -0.25) is 0 Å². The van der Waals surface area contributed by atoms with Gasteiger partial charge in [0.15, 0.2) is 15.5 Å². The molecule has 40 heavy (non-hydrogen) atoms. The second-order valence-corrected chi connectivity index (χ2v) is 12.5. The summed E-state index contributed by atoms with van der Waals surface area (Å²) in [5.74, 6) is 6.56. The van der Waals surface area contributed by atoms with Gasteiger partial charge in [0.25, 0.3) is 0 Å². The lowest BCUT2D eigenvalue weighted by atomic mass is 9.94. The third-order valence-electron chi connectivity index (χ3n) is 7.43. The molecule has 214 valence electrons. The quantitative estimate of drug-likeness (QED) is 0.411. The van der Waals surface area contributed by atoms with Crippen LogP contribution >= 0.6 is 0 Å². The topological polar surface area (TPSA) is 102 Å². The van der Waals surface area contributed by atoms with Crippen molar-refractivity contribution < 1.29 is 26.3 Å². The Morgan fingerprint density at radius 1 is 1.23 bits per heavy atom. The summed E-state index contributed by atoms with van der Waals surface area (Å²) in [6.45, 7) is 0.808. The molecule has 5 rings (SSSR count). The standard InChI is InChI=1S/C28H32F3N5O3S/c1-39-26-16-20(40(2,37)38)9-10-22(26)33-12-3-5-21-25(17-28(29,30)31)36-13-4-6-23(27(36)34-21)35-14-11-19(32)15-24(35)18-7-8-18/h4,6,9-10,13,16,18-19,24,33H,7-8,11-12,14-15,17,32H2,1-2H3. The average molecular weight is 576 g/mol. The van der Waals surface area contributed by atoms with Gasteiger partial charge in [0.05, 0.1) is 42.0 Å². The van der Waals surface area contributed by atoms with Gasteiger partial charge < -0.3 is 25.1 Å². The number of ether oxygens (including phenoxy) is 1. The molecule has 12 heteroatoms. The molecule has 0 bridgehead atoms. The molecule has 0 amide bonds. The minimum Gasteiger partial charge on any atom is -0.495 e. The number of sulfone groups is 1. The Bertz CT molecular complexity index is 1570. The molecule has 0 spiro atoms. The van der Waals surface area contributed by atoms with Crippen molar-refractivity contribution in [2.45, 2.75) is 55.3 Å². The lowest BCUT2D eigenvalue weighted by Crippen LogP contribution is -2.48. The molecule has 3 aromatic rings. The molecule has 2 fully saturated rings. The number of rotatable bonds is 7. The molecule has 1 saturated heterocycles. The van der Waals surface area contributed by atoms with Crippen LogP contribution in [0.25, 0.3) is 5.65 Å². The van der Waals surface area contributed by atoms with Gasteiger partial charge in [0.2, 0.25) is 0 Å². The van der Waals surface area contributed by atoms with E-state index in [9.17, 15) is 21.6 Å². The van der Waals surface area contributed by atoms with Gasteiger partial charge in [-0.25, -0.2) is 13.4 Å². The number of methoxy groups -OCH3 is 1. The van der Waals surface area contributed by atoms with Crippen LogP contribution in [0.5, 0.6) is 5.75 Å². The monoisotopic (exact) mass is 575 g/mol. The fraction of sp³-hybridized carbons (Fsp3) is 0.464. The maximum absolute atomic E-state index is 13.6. The molecule has 3 N–H and O–H groups in total. The number of piperidine rings is 1. The average Bonchev–Trinajstić information content (AvgIpc) is 3.68. The number of fused-ring (bicyclic) bond motifs is 1. The van der Waals surface area contributed by atoms with Gasteiger partial charge in [-0.2, -0.15) is 13.2 Å². The first-order valence-corrected chi connectivity index (χ1v) is 15.0. The van der Waals surface area contributed by atoms with Crippen LogP contribution in [0.15, 0.2) is 41.4 Å². The molecule has 1 aliphatic carbocycles. The van der Waals surface area contributed by atoms with Gasteiger partial charge in [-0.05, 0) is 61.8 Å². The zero-order chi connectivity index (χ0) is 28.7. The first-order chi connectivity index (χ1) is 18.9. The molecule has 1 aliphatic heterocycles. The number of pyridine rings is 1. The third kappa shape index (κ3) is 6.15. The van der Waals surface area contributed by atoms with Crippen molar-refractivity contribution in [3.05, 3.63) is 47.9 Å². The first kappa shape index (κ1) is 28.1. The number of alkyl halides is 3. The summed E-state index contributed by atoms with van der Waals surface area (Å²) in [5.41, 5.74) is 8.09. The summed E-state index contributed by atoms with van der Waals surface area (Å²) in [4.78, 5) is 7.00. The van der Waals surface area contributed by atoms with E-state index in [1.54, 1.807) is 18.3 Å². The zero-order valence-corrected chi connectivity index (χ0v) is 23.1. The van der Waals surface area contributed by atoms with Crippen molar-refractivity contribution in [2.24, 2.45) is 11.7 Å². The number of benzene rings is 1. The lowest BCUT2D eigenvalue weighted by molar-refractivity contribution is -0.128. The van der Waals surface area contributed by atoms with E-state index in [1.165, 1.54) is 23.6 Å². The van der Waals surface area contributed by atoms with E-state index in [1.807, 2.05) is 6.07 Å². The van der Waals surface area contributed by atoms with E-state index >= 15 is 0 Å². The van der Waals surface area contributed by atoms with Crippen molar-refractivity contribution in [3.8, 4) is 17.6 Å². The molecule has 2 aromatic heterocycles. The maximum atomic E-state index is 13.6. The van der Waals surface area contributed by atoms with Gasteiger partial charge in [-0.15, -0.1) is 0 Å². The highest BCUT2D eigenvalue weighted by Gasteiger charge is 2.40. The summed E-state index contributed by atoms with van der Waals surface area (Å²) in [6, 6.07) is 8.45. The smallest absolute Gasteiger partial charge is 0.394 e. The van der Waals surface area contributed by atoms with Crippen LogP contribution in [0.1, 0.15) is 37.1 Å². The summed E-state index contributed by atoms with van der Waals surface area (Å²) in [6.07, 6.45) is 1.04. The number of hydrogen-bond donors (Lipinski definition) is 2. The number of imidazole rings is 1. The molecule has 0 radical (unpaired) electrons. The predicted octanol–water partition coefficient (Wildman–Crippen LogP) is 4.02. The molecule has 2 atom stereocenters. The Kier molecular flexibility index (Phi) is 7.63. The maximum Gasteiger partial charge on any atom is 0.394 e. The van der Waals surface area contributed by atoms with Crippen LogP contribution in [-0.4, -0.2) is 62.5 Å². The van der Waals surface area contributed by atoms with Crippen molar-refractivity contribution in [1.29, 1.82) is 0 Å². The minimum absolute atomic E-state index is 0.0105. The fourth-order valence-electron chi connectivity index (χ4n) is 5.35. The van der Waals surface area contributed by atoms with E-state index in [4.69, 9.17) is 10.5 Å². The van der Waals surface area contributed by atoms with Crippen LogP contribution < -0.4 is 20.7 Å². The van der Waals surface area contributed by atoms with Crippen molar-refractivity contribution >= 4 is 26.9 Å². The fourth-order valence-corrected chi connectivity index (χ4v) is 5.99. The van der Waals surface area contributed by atoms with Gasteiger partial charge in [-0.1, -0.05) is 5.92 Å².